The third-order valence-corrected chi connectivity index (χ3v) is 3.54. The van der Waals surface area contributed by atoms with E-state index >= 15 is 0 Å². The Kier molecular flexibility index (Phi) is 6.47. The van der Waals surface area contributed by atoms with Gasteiger partial charge in [-0.1, -0.05) is 34.1 Å². The maximum Gasteiger partial charge on any atom is 0.416 e. The number of nitrogens with one attached hydrogen (secondary N) is 1. The number of hydrogen-bond acceptors (Lipinski definition) is 2. The van der Waals surface area contributed by atoms with Crippen LogP contribution in [-0.4, -0.2) is 48.9 Å². The zero-order chi connectivity index (χ0) is 16.0. The van der Waals surface area contributed by atoms with Crippen LogP contribution in [-0.2, 0) is 6.54 Å². The highest BCUT2D eigenvalue weighted by Gasteiger charge is 2.38. The van der Waals surface area contributed by atoms with Gasteiger partial charge in [0.2, 0.25) is 0 Å². The summed E-state index contributed by atoms with van der Waals surface area (Å²) in [6, 6.07) is 7.53. The van der Waals surface area contributed by atoms with Gasteiger partial charge in [0.15, 0.2) is 12.1 Å². The fourth-order valence-corrected chi connectivity index (χ4v) is 2.06. The van der Waals surface area contributed by atoms with Crippen molar-refractivity contribution in [3.05, 3.63) is 34.3 Å². The van der Waals surface area contributed by atoms with Gasteiger partial charge in [0.1, 0.15) is 0 Å². The van der Waals surface area contributed by atoms with Crippen molar-refractivity contribution in [1.29, 1.82) is 0 Å². The van der Waals surface area contributed by atoms with Gasteiger partial charge in [0.25, 0.3) is 0 Å². The van der Waals surface area contributed by atoms with E-state index in [1.807, 2.05) is 24.3 Å². The predicted molar refractivity (Wildman–Crippen MR) is 79.0 cm³/mol. The second-order valence-electron chi connectivity index (χ2n) is 4.43. The van der Waals surface area contributed by atoms with Crippen LogP contribution in [0.15, 0.2) is 33.7 Å². The number of aliphatic hydroxyl groups excluding tert-OH is 1. The minimum Gasteiger partial charge on any atom is -0.382 e. The lowest BCUT2D eigenvalue weighted by atomic mass is 10.2. The maximum atomic E-state index is 12.3. The summed E-state index contributed by atoms with van der Waals surface area (Å²) in [6.07, 6.45) is -7.07. The average molecular weight is 368 g/mol. The molecule has 2 N–H and O–H groups in total. The molecule has 8 heteroatoms. The smallest absolute Gasteiger partial charge is 0.382 e. The Labute approximate surface area is 129 Å². The molecule has 0 heterocycles. The van der Waals surface area contributed by atoms with Crippen LogP contribution in [0.5, 0.6) is 0 Å². The second-order valence-corrected chi connectivity index (χ2v) is 5.29. The van der Waals surface area contributed by atoms with Crippen LogP contribution >= 0.6 is 15.9 Å². The first kappa shape index (κ1) is 17.8. The first-order chi connectivity index (χ1) is 9.75. The Morgan fingerprint density at radius 1 is 1.43 bits per heavy atom. The van der Waals surface area contributed by atoms with Gasteiger partial charge in [-0.25, -0.2) is 0 Å². The third-order valence-electron chi connectivity index (χ3n) is 2.77. The predicted octanol–water partition coefficient (Wildman–Crippen LogP) is 2.38. The number of alkyl halides is 3. The molecule has 1 atom stereocenters. The molecule has 0 aliphatic carbocycles. The molecule has 1 unspecified atom stereocenters. The van der Waals surface area contributed by atoms with Crippen molar-refractivity contribution < 1.29 is 18.3 Å². The van der Waals surface area contributed by atoms with Gasteiger partial charge >= 0.3 is 6.18 Å². The van der Waals surface area contributed by atoms with E-state index in [1.165, 1.54) is 7.05 Å². The number of aliphatic hydroxyl groups is 1. The van der Waals surface area contributed by atoms with E-state index in [-0.39, 0.29) is 5.96 Å². The Morgan fingerprint density at radius 2 is 2.05 bits per heavy atom. The molecular formula is C13H17BrF3N3O. The van der Waals surface area contributed by atoms with Crippen molar-refractivity contribution in [2.24, 2.45) is 4.99 Å². The molecule has 0 radical (unpaired) electrons. The molecule has 1 rings (SSSR count). The van der Waals surface area contributed by atoms with Crippen molar-refractivity contribution in [2.75, 3.05) is 20.6 Å². The van der Waals surface area contributed by atoms with Crippen molar-refractivity contribution in [3.63, 3.8) is 0 Å². The van der Waals surface area contributed by atoms with Crippen LogP contribution in [0.25, 0.3) is 0 Å². The van der Waals surface area contributed by atoms with Gasteiger partial charge in [-0.05, 0) is 11.6 Å². The van der Waals surface area contributed by atoms with E-state index in [1.54, 1.807) is 11.9 Å². The summed E-state index contributed by atoms with van der Waals surface area (Å²) in [5.41, 5.74) is 0.972. The Balaban J connectivity index is 2.63. The summed E-state index contributed by atoms with van der Waals surface area (Å²) in [7, 11) is 3.17. The largest absolute Gasteiger partial charge is 0.416 e. The highest BCUT2D eigenvalue weighted by Crippen LogP contribution is 2.19. The zero-order valence-electron chi connectivity index (χ0n) is 11.7. The Hall–Kier alpha value is -1.28. The standard InChI is InChI=1S/C13H17BrF3N3O/c1-18-12(19-7-11(21)13(15,16)17)20(2)8-9-5-3-4-6-10(9)14/h3-6,11,21H,7-8H2,1-2H3,(H,18,19). The molecule has 4 nitrogen and oxygen atoms in total. The molecule has 1 aromatic carbocycles. The lowest BCUT2D eigenvalue weighted by molar-refractivity contribution is -0.201. The van der Waals surface area contributed by atoms with E-state index in [2.05, 4.69) is 26.2 Å². The molecule has 0 aliphatic heterocycles. The van der Waals surface area contributed by atoms with Crippen molar-refractivity contribution >= 4 is 21.9 Å². The Morgan fingerprint density at radius 3 is 2.57 bits per heavy atom. The lowest BCUT2D eigenvalue weighted by Crippen LogP contribution is -2.45. The molecule has 0 bridgehead atoms. The van der Waals surface area contributed by atoms with Gasteiger partial charge in [0.05, 0.1) is 6.54 Å². The maximum absolute atomic E-state index is 12.3. The first-order valence-electron chi connectivity index (χ1n) is 6.15. The van der Waals surface area contributed by atoms with Crippen LogP contribution < -0.4 is 5.32 Å². The summed E-state index contributed by atoms with van der Waals surface area (Å²) in [5.74, 6) is 0.272. The molecule has 0 amide bonds. The minimum atomic E-state index is -4.65. The molecule has 0 saturated carbocycles. The number of hydrogen-bond donors (Lipinski definition) is 2. The molecule has 1 aromatic rings. The highest BCUT2D eigenvalue weighted by atomic mass is 79.9. The fourth-order valence-electron chi connectivity index (χ4n) is 1.65. The van der Waals surface area contributed by atoms with Crippen LogP contribution in [0.1, 0.15) is 5.56 Å². The van der Waals surface area contributed by atoms with Crippen LogP contribution in [0.3, 0.4) is 0 Å². The van der Waals surface area contributed by atoms with Crippen LogP contribution in [0, 0.1) is 0 Å². The lowest BCUT2D eigenvalue weighted by Gasteiger charge is -2.24. The second kappa shape index (κ2) is 7.65. The normalized spacial score (nSPS) is 14.0. The summed E-state index contributed by atoms with van der Waals surface area (Å²) in [6.45, 7) is -0.181. The monoisotopic (exact) mass is 367 g/mol. The van der Waals surface area contributed by atoms with Gasteiger partial charge < -0.3 is 15.3 Å². The van der Waals surface area contributed by atoms with E-state index in [0.29, 0.717) is 6.54 Å². The SMILES string of the molecule is CN=C(NCC(O)C(F)(F)F)N(C)Cc1ccccc1Br. The average Bonchev–Trinajstić information content (AvgIpc) is 2.40. The van der Waals surface area contributed by atoms with E-state index in [9.17, 15) is 13.2 Å². The Bertz CT molecular complexity index is 494. The summed E-state index contributed by atoms with van der Waals surface area (Å²) < 4.78 is 37.7. The topological polar surface area (TPSA) is 47.9 Å². The number of rotatable bonds is 4. The summed E-state index contributed by atoms with van der Waals surface area (Å²) in [5, 5.41) is 11.5. The molecule has 21 heavy (non-hydrogen) atoms. The molecule has 0 fully saturated rings. The van der Waals surface area contributed by atoms with Crippen molar-refractivity contribution in [2.45, 2.75) is 18.8 Å². The van der Waals surface area contributed by atoms with E-state index in [4.69, 9.17) is 5.11 Å². The first-order valence-corrected chi connectivity index (χ1v) is 6.95. The summed E-state index contributed by atoms with van der Waals surface area (Å²) >= 11 is 3.41. The van der Waals surface area contributed by atoms with Gasteiger partial charge in [-0.3, -0.25) is 4.99 Å². The number of guanidine groups is 1. The van der Waals surface area contributed by atoms with Gasteiger partial charge in [-0.15, -0.1) is 0 Å². The number of benzene rings is 1. The van der Waals surface area contributed by atoms with Gasteiger partial charge in [0, 0.05) is 25.1 Å². The van der Waals surface area contributed by atoms with Crippen LogP contribution in [0.4, 0.5) is 13.2 Å². The molecule has 118 valence electrons. The fraction of sp³-hybridized carbons (Fsp3) is 0.462. The van der Waals surface area contributed by atoms with Crippen molar-refractivity contribution in [1.82, 2.24) is 10.2 Å². The molecule has 0 aliphatic rings. The van der Waals surface area contributed by atoms with Crippen LogP contribution in [0.2, 0.25) is 0 Å². The number of halogens is 4. The molecule has 0 aromatic heterocycles. The van der Waals surface area contributed by atoms with Gasteiger partial charge in [-0.2, -0.15) is 13.2 Å². The molecule has 0 spiro atoms. The molecular weight excluding hydrogens is 351 g/mol. The highest BCUT2D eigenvalue weighted by molar-refractivity contribution is 9.10. The minimum absolute atomic E-state index is 0.272. The molecule has 0 saturated heterocycles. The van der Waals surface area contributed by atoms with E-state index < -0.39 is 18.8 Å². The number of aliphatic imine (C=N–C) groups is 1. The van der Waals surface area contributed by atoms with E-state index in [0.717, 1.165) is 10.0 Å². The summed E-state index contributed by atoms with van der Waals surface area (Å²) in [4.78, 5) is 5.58. The van der Waals surface area contributed by atoms with Crippen molar-refractivity contribution in [3.8, 4) is 0 Å². The quantitative estimate of drug-likeness (QED) is 0.634. The third kappa shape index (κ3) is 5.55. The zero-order valence-corrected chi connectivity index (χ0v) is 13.2. The number of nitrogens with zero attached hydrogens (tertiary/aromatic N) is 2.